The third kappa shape index (κ3) is 3.75. The molecule has 0 bridgehead atoms. The van der Waals surface area contributed by atoms with E-state index in [9.17, 15) is 13.2 Å². The molecule has 0 fully saturated rings. The van der Waals surface area contributed by atoms with Gasteiger partial charge >= 0.3 is 0 Å². The molecular weight excluding hydrogens is 348 g/mol. The van der Waals surface area contributed by atoms with Gasteiger partial charge in [0.05, 0.1) is 10.6 Å². The van der Waals surface area contributed by atoms with E-state index < -0.39 is 10.0 Å². The molecule has 1 amide bonds. The molecule has 0 spiro atoms. The Morgan fingerprint density at radius 2 is 1.88 bits per heavy atom. The summed E-state index contributed by atoms with van der Waals surface area (Å²) in [5.74, 6) is 0.421. The maximum Gasteiger partial charge on any atom is 0.264 e. The maximum atomic E-state index is 12.9. The van der Waals surface area contributed by atoms with Gasteiger partial charge in [0.25, 0.3) is 15.9 Å². The van der Waals surface area contributed by atoms with Crippen molar-refractivity contribution in [1.29, 1.82) is 0 Å². The average Bonchev–Trinajstić information content (AvgIpc) is 3.06. The summed E-state index contributed by atoms with van der Waals surface area (Å²) in [6.07, 6.45) is 1.54. The lowest BCUT2D eigenvalue weighted by Crippen LogP contribution is -2.29. The summed E-state index contributed by atoms with van der Waals surface area (Å²) < 4.78 is 27.2. The van der Waals surface area contributed by atoms with Crippen LogP contribution in [0.5, 0.6) is 0 Å². The number of sulfonamides is 1. The predicted octanol–water partition coefficient (Wildman–Crippen LogP) is 3.21. The minimum Gasteiger partial charge on any atom is -0.352 e. The number of carbonyl (C=O) groups excluding carboxylic acids is 1. The summed E-state index contributed by atoms with van der Waals surface area (Å²) in [5, 5.41) is 2.92. The van der Waals surface area contributed by atoms with Crippen LogP contribution in [0.3, 0.4) is 0 Å². The highest BCUT2D eigenvalue weighted by molar-refractivity contribution is 7.92. The van der Waals surface area contributed by atoms with Gasteiger partial charge in [-0.3, -0.25) is 9.10 Å². The van der Waals surface area contributed by atoms with Gasteiger partial charge in [0.15, 0.2) is 0 Å². The number of hydrogen-bond donors (Lipinski definition) is 1. The molecule has 1 aliphatic rings. The Kier molecular flexibility index (Phi) is 5.32. The smallest absolute Gasteiger partial charge is 0.264 e. The minimum absolute atomic E-state index is 0.113. The largest absolute Gasteiger partial charge is 0.352 e. The van der Waals surface area contributed by atoms with Gasteiger partial charge in [-0.1, -0.05) is 32.0 Å². The number of benzene rings is 2. The van der Waals surface area contributed by atoms with Gasteiger partial charge in [0.1, 0.15) is 0 Å². The van der Waals surface area contributed by atoms with Crippen LogP contribution in [0, 0.1) is 5.92 Å². The Morgan fingerprint density at radius 3 is 2.58 bits per heavy atom. The minimum atomic E-state index is -3.58. The number of rotatable bonds is 6. The van der Waals surface area contributed by atoms with Crippen molar-refractivity contribution in [2.24, 2.45) is 5.92 Å². The lowest BCUT2D eigenvalue weighted by molar-refractivity contribution is 0.0952. The van der Waals surface area contributed by atoms with Crippen molar-refractivity contribution in [3.8, 4) is 0 Å². The lowest BCUT2D eigenvalue weighted by Gasteiger charge is -2.19. The first-order chi connectivity index (χ1) is 12.4. The second-order valence-corrected chi connectivity index (χ2v) is 8.78. The van der Waals surface area contributed by atoms with Crippen molar-refractivity contribution in [3.63, 3.8) is 0 Å². The molecule has 0 saturated heterocycles. The molecule has 1 aliphatic heterocycles. The second kappa shape index (κ2) is 7.50. The average molecular weight is 372 g/mol. The standard InChI is InChI=1S/C20H24N2O3S/c1-15(2)10-12-21-20(23)17-8-9-19-16(14-17)11-13-22(19)26(24,25)18-6-4-3-5-7-18/h3-9,14-15H,10-13H2,1-2H3,(H,21,23). The summed E-state index contributed by atoms with van der Waals surface area (Å²) >= 11 is 0. The topological polar surface area (TPSA) is 66.5 Å². The molecule has 6 heteroatoms. The van der Waals surface area contributed by atoms with Crippen LogP contribution in [0.4, 0.5) is 5.69 Å². The van der Waals surface area contributed by atoms with E-state index in [1.807, 2.05) is 0 Å². The SMILES string of the molecule is CC(C)CCNC(=O)c1ccc2c(c1)CCN2S(=O)(=O)c1ccccc1. The molecule has 0 aliphatic carbocycles. The first kappa shape index (κ1) is 18.5. The molecule has 26 heavy (non-hydrogen) atoms. The monoisotopic (exact) mass is 372 g/mol. The van der Waals surface area contributed by atoms with Gasteiger partial charge in [-0.15, -0.1) is 0 Å². The Labute approximate surface area is 155 Å². The highest BCUT2D eigenvalue weighted by atomic mass is 32.2. The van der Waals surface area contributed by atoms with E-state index in [0.717, 1.165) is 12.0 Å². The van der Waals surface area contributed by atoms with Crippen molar-refractivity contribution in [3.05, 3.63) is 59.7 Å². The molecule has 2 aromatic rings. The summed E-state index contributed by atoms with van der Waals surface area (Å²) in [5.41, 5.74) is 2.13. The normalized spacial score (nSPS) is 13.7. The van der Waals surface area contributed by atoms with Gasteiger partial charge in [0, 0.05) is 18.7 Å². The number of hydrogen-bond acceptors (Lipinski definition) is 3. The molecule has 0 radical (unpaired) electrons. The van der Waals surface area contributed by atoms with Gasteiger partial charge in [0.2, 0.25) is 0 Å². The Morgan fingerprint density at radius 1 is 1.15 bits per heavy atom. The molecule has 3 rings (SSSR count). The van der Waals surface area contributed by atoms with Crippen molar-refractivity contribution in [2.45, 2.75) is 31.6 Å². The van der Waals surface area contributed by atoms with Crippen LogP contribution < -0.4 is 9.62 Å². The number of amides is 1. The quantitative estimate of drug-likeness (QED) is 0.847. The zero-order valence-corrected chi connectivity index (χ0v) is 15.9. The van der Waals surface area contributed by atoms with E-state index in [-0.39, 0.29) is 10.8 Å². The molecular formula is C20H24N2O3S. The first-order valence-corrected chi connectivity index (χ1v) is 10.3. The fourth-order valence-corrected chi connectivity index (χ4v) is 4.58. The third-order valence-electron chi connectivity index (χ3n) is 4.53. The molecule has 2 aromatic carbocycles. The Hall–Kier alpha value is -2.34. The molecule has 138 valence electrons. The van der Waals surface area contributed by atoms with Crippen LogP contribution in [0.1, 0.15) is 36.2 Å². The maximum absolute atomic E-state index is 12.9. The van der Waals surface area contributed by atoms with Crippen molar-refractivity contribution in [2.75, 3.05) is 17.4 Å². The third-order valence-corrected chi connectivity index (χ3v) is 6.36. The van der Waals surface area contributed by atoms with E-state index in [2.05, 4.69) is 19.2 Å². The molecule has 0 aromatic heterocycles. The molecule has 1 N–H and O–H groups in total. The molecule has 0 saturated carbocycles. The zero-order chi connectivity index (χ0) is 18.7. The highest BCUT2D eigenvalue weighted by Gasteiger charge is 2.31. The predicted molar refractivity (Wildman–Crippen MR) is 103 cm³/mol. The zero-order valence-electron chi connectivity index (χ0n) is 15.1. The van der Waals surface area contributed by atoms with Gasteiger partial charge in [-0.05, 0) is 54.7 Å². The second-order valence-electron chi connectivity index (χ2n) is 6.92. The number of fused-ring (bicyclic) bond motifs is 1. The van der Waals surface area contributed by atoms with Crippen LogP contribution in [0.15, 0.2) is 53.4 Å². The van der Waals surface area contributed by atoms with E-state index >= 15 is 0 Å². The van der Waals surface area contributed by atoms with Crippen molar-refractivity contribution >= 4 is 21.6 Å². The van der Waals surface area contributed by atoms with E-state index in [4.69, 9.17) is 0 Å². The Bertz CT molecular complexity index is 893. The summed E-state index contributed by atoms with van der Waals surface area (Å²) in [6.45, 7) is 5.26. The van der Waals surface area contributed by atoms with Gasteiger partial charge < -0.3 is 5.32 Å². The fourth-order valence-electron chi connectivity index (χ4n) is 3.06. The van der Waals surface area contributed by atoms with Crippen molar-refractivity contribution in [1.82, 2.24) is 5.32 Å². The van der Waals surface area contributed by atoms with E-state index in [1.54, 1.807) is 48.5 Å². The highest BCUT2D eigenvalue weighted by Crippen LogP contribution is 2.33. The lowest BCUT2D eigenvalue weighted by atomic mass is 10.1. The molecule has 5 nitrogen and oxygen atoms in total. The van der Waals surface area contributed by atoms with Crippen LogP contribution in [0.2, 0.25) is 0 Å². The van der Waals surface area contributed by atoms with Crippen LogP contribution in [-0.2, 0) is 16.4 Å². The van der Waals surface area contributed by atoms with Crippen LogP contribution in [-0.4, -0.2) is 27.4 Å². The summed E-state index contributed by atoms with van der Waals surface area (Å²) in [6, 6.07) is 13.7. The van der Waals surface area contributed by atoms with E-state index in [0.29, 0.717) is 36.7 Å². The number of nitrogens with one attached hydrogen (secondary N) is 1. The number of nitrogens with zero attached hydrogens (tertiary/aromatic N) is 1. The summed E-state index contributed by atoms with van der Waals surface area (Å²) in [7, 11) is -3.58. The number of carbonyl (C=O) groups is 1. The van der Waals surface area contributed by atoms with Gasteiger partial charge in [-0.2, -0.15) is 0 Å². The summed E-state index contributed by atoms with van der Waals surface area (Å²) in [4.78, 5) is 12.6. The molecule has 0 unspecified atom stereocenters. The molecule has 1 heterocycles. The fraction of sp³-hybridized carbons (Fsp3) is 0.350. The van der Waals surface area contributed by atoms with Crippen molar-refractivity contribution < 1.29 is 13.2 Å². The van der Waals surface area contributed by atoms with E-state index in [1.165, 1.54) is 4.31 Å². The van der Waals surface area contributed by atoms with Crippen LogP contribution in [0.25, 0.3) is 0 Å². The van der Waals surface area contributed by atoms with Gasteiger partial charge in [-0.25, -0.2) is 8.42 Å². The Balaban J connectivity index is 1.79. The molecule has 0 atom stereocenters. The number of anilines is 1. The first-order valence-electron chi connectivity index (χ1n) is 8.88. The van der Waals surface area contributed by atoms with Crippen LogP contribution >= 0.6 is 0 Å².